The molecular weight excluding hydrogens is 408 g/mol. The van der Waals surface area contributed by atoms with Gasteiger partial charge in [0.2, 0.25) is 15.9 Å². The van der Waals surface area contributed by atoms with E-state index in [1.807, 2.05) is 0 Å². The molecule has 0 aliphatic carbocycles. The van der Waals surface area contributed by atoms with Gasteiger partial charge in [-0.15, -0.1) is 0 Å². The number of sulfonamides is 1. The van der Waals surface area contributed by atoms with Gasteiger partial charge in [-0.3, -0.25) is 14.8 Å². The van der Waals surface area contributed by atoms with Gasteiger partial charge in [0.25, 0.3) is 0 Å². The van der Waals surface area contributed by atoms with E-state index in [-0.39, 0.29) is 23.3 Å². The Morgan fingerprint density at radius 1 is 1.20 bits per heavy atom. The average Bonchev–Trinajstić information content (AvgIpc) is 3.30. The van der Waals surface area contributed by atoms with Gasteiger partial charge in [0, 0.05) is 31.2 Å². The van der Waals surface area contributed by atoms with E-state index in [0.29, 0.717) is 32.0 Å². The van der Waals surface area contributed by atoms with Crippen LogP contribution in [0.15, 0.2) is 35.5 Å². The topological polar surface area (TPSA) is 121 Å². The van der Waals surface area contributed by atoms with E-state index in [0.717, 1.165) is 31.8 Å². The Bertz CT molecular complexity index is 942. The van der Waals surface area contributed by atoms with Crippen LogP contribution in [0.4, 0.5) is 5.69 Å². The molecule has 162 valence electrons. The Hall–Kier alpha value is -2.34. The van der Waals surface area contributed by atoms with Crippen molar-refractivity contribution in [2.45, 2.75) is 23.7 Å². The van der Waals surface area contributed by atoms with E-state index >= 15 is 0 Å². The second-order valence-electron chi connectivity index (χ2n) is 7.53. The first-order valence-corrected chi connectivity index (χ1v) is 11.5. The minimum Gasteiger partial charge on any atom is -0.379 e. The number of benzene rings is 1. The number of aromatic amines is 1. The fourth-order valence-corrected chi connectivity index (χ4v) is 5.29. The molecule has 2 saturated heterocycles. The lowest BCUT2D eigenvalue weighted by Gasteiger charge is -2.31. The molecule has 0 spiro atoms. The first kappa shape index (κ1) is 20.9. The lowest BCUT2D eigenvalue weighted by atomic mass is 9.97. The van der Waals surface area contributed by atoms with Gasteiger partial charge in [0.15, 0.2) is 0 Å². The van der Waals surface area contributed by atoms with Crippen LogP contribution in [0.3, 0.4) is 0 Å². The quantitative estimate of drug-likeness (QED) is 0.685. The molecule has 1 aromatic carbocycles. The number of carbonyl (C=O) groups is 1. The SMILES string of the molecule is O=C(CN1CCC[C@@H](c2ncn[nH]2)C1)Nc1ccc(S(=O)(=O)N2CCOCC2)cc1. The second-order valence-corrected chi connectivity index (χ2v) is 9.47. The molecule has 11 heteroatoms. The molecule has 4 rings (SSSR count). The maximum absolute atomic E-state index is 12.7. The molecule has 0 radical (unpaired) electrons. The number of rotatable bonds is 6. The predicted octanol–water partition coefficient (Wildman–Crippen LogP) is 0.644. The van der Waals surface area contributed by atoms with Crippen LogP contribution in [0.25, 0.3) is 0 Å². The molecule has 3 heterocycles. The zero-order valence-electron chi connectivity index (χ0n) is 16.7. The number of aromatic nitrogens is 3. The number of ether oxygens (including phenoxy) is 1. The van der Waals surface area contributed by atoms with Crippen LogP contribution in [0.2, 0.25) is 0 Å². The van der Waals surface area contributed by atoms with Crippen LogP contribution in [-0.4, -0.2) is 84.6 Å². The largest absolute Gasteiger partial charge is 0.379 e. The van der Waals surface area contributed by atoms with Gasteiger partial charge in [-0.2, -0.15) is 9.40 Å². The number of piperidine rings is 1. The Balaban J connectivity index is 1.32. The van der Waals surface area contributed by atoms with E-state index in [1.54, 1.807) is 12.1 Å². The number of hydrogen-bond donors (Lipinski definition) is 2. The number of morpholine rings is 1. The maximum Gasteiger partial charge on any atom is 0.243 e. The molecular formula is C19H26N6O4S. The van der Waals surface area contributed by atoms with Gasteiger partial charge >= 0.3 is 0 Å². The summed E-state index contributed by atoms with van der Waals surface area (Å²) in [7, 11) is -3.54. The van der Waals surface area contributed by atoms with Crippen molar-refractivity contribution in [3.05, 3.63) is 36.4 Å². The number of likely N-dealkylation sites (tertiary alicyclic amines) is 1. The van der Waals surface area contributed by atoms with E-state index in [2.05, 4.69) is 25.4 Å². The standard InChI is InChI=1S/C19H26N6O4S/c26-18(13-24-7-1-2-15(12-24)19-20-14-21-23-19)22-16-3-5-17(6-4-16)30(27,28)25-8-10-29-11-9-25/h3-6,14-15H,1-2,7-13H2,(H,22,26)(H,20,21,23)/t15-/m1/s1. The van der Waals surface area contributed by atoms with E-state index in [1.165, 1.54) is 22.8 Å². The van der Waals surface area contributed by atoms with Crippen molar-refractivity contribution in [2.75, 3.05) is 51.3 Å². The van der Waals surface area contributed by atoms with Gasteiger partial charge in [0.05, 0.1) is 24.7 Å². The van der Waals surface area contributed by atoms with Crippen LogP contribution >= 0.6 is 0 Å². The minimum atomic E-state index is -3.54. The fourth-order valence-electron chi connectivity index (χ4n) is 3.88. The number of anilines is 1. The summed E-state index contributed by atoms with van der Waals surface area (Å²) >= 11 is 0. The number of nitrogens with one attached hydrogen (secondary N) is 2. The van der Waals surface area contributed by atoms with Gasteiger partial charge in [-0.1, -0.05) is 0 Å². The van der Waals surface area contributed by atoms with Gasteiger partial charge in [-0.05, 0) is 43.7 Å². The third kappa shape index (κ3) is 4.86. The number of carbonyl (C=O) groups excluding carboxylic acids is 1. The fraction of sp³-hybridized carbons (Fsp3) is 0.526. The Labute approximate surface area is 175 Å². The van der Waals surface area contributed by atoms with Crippen molar-refractivity contribution in [3.63, 3.8) is 0 Å². The van der Waals surface area contributed by atoms with Crippen molar-refractivity contribution in [1.29, 1.82) is 0 Å². The summed E-state index contributed by atoms with van der Waals surface area (Å²) in [4.78, 5) is 19.0. The number of hydrogen-bond acceptors (Lipinski definition) is 7. The van der Waals surface area contributed by atoms with E-state index in [9.17, 15) is 13.2 Å². The monoisotopic (exact) mass is 434 g/mol. The zero-order chi connectivity index (χ0) is 21.0. The molecule has 2 fully saturated rings. The van der Waals surface area contributed by atoms with Crippen LogP contribution in [0.1, 0.15) is 24.6 Å². The molecule has 1 amide bonds. The second kappa shape index (κ2) is 9.21. The van der Waals surface area contributed by atoms with Crippen LogP contribution < -0.4 is 5.32 Å². The molecule has 1 atom stereocenters. The Kier molecular flexibility index (Phi) is 6.42. The Morgan fingerprint density at radius 3 is 2.67 bits per heavy atom. The molecule has 0 bridgehead atoms. The normalized spacial score (nSPS) is 21.4. The summed E-state index contributed by atoms with van der Waals surface area (Å²) in [5.41, 5.74) is 0.574. The van der Waals surface area contributed by atoms with Crippen molar-refractivity contribution in [1.82, 2.24) is 24.4 Å². The molecule has 0 unspecified atom stereocenters. The van der Waals surface area contributed by atoms with Crippen molar-refractivity contribution >= 4 is 21.6 Å². The van der Waals surface area contributed by atoms with Crippen molar-refractivity contribution in [2.24, 2.45) is 0 Å². The summed E-state index contributed by atoms with van der Waals surface area (Å²) in [6.07, 6.45) is 3.52. The molecule has 2 aromatic rings. The van der Waals surface area contributed by atoms with Gasteiger partial charge in [-0.25, -0.2) is 13.4 Å². The molecule has 0 saturated carbocycles. The van der Waals surface area contributed by atoms with E-state index < -0.39 is 10.0 Å². The predicted molar refractivity (Wildman–Crippen MR) is 109 cm³/mol. The van der Waals surface area contributed by atoms with E-state index in [4.69, 9.17) is 4.74 Å². The summed E-state index contributed by atoms with van der Waals surface area (Å²) < 4.78 is 32.0. The lowest BCUT2D eigenvalue weighted by molar-refractivity contribution is -0.117. The van der Waals surface area contributed by atoms with Gasteiger partial charge < -0.3 is 10.1 Å². The molecule has 30 heavy (non-hydrogen) atoms. The highest BCUT2D eigenvalue weighted by Gasteiger charge is 2.27. The molecule has 2 N–H and O–H groups in total. The number of nitrogens with zero attached hydrogens (tertiary/aromatic N) is 4. The summed E-state index contributed by atoms with van der Waals surface area (Å²) in [6.45, 7) is 3.40. The third-order valence-electron chi connectivity index (χ3n) is 5.44. The molecule has 1 aromatic heterocycles. The zero-order valence-corrected chi connectivity index (χ0v) is 17.5. The lowest BCUT2D eigenvalue weighted by Crippen LogP contribution is -2.40. The molecule has 2 aliphatic rings. The highest BCUT2D eigenvalue weighted by Crippen LogP contribution is 2.24. The number of H-pyrrole nitrogens is 1. The van der Waals surface area contributed by atoms with Crippen LogP contribution in [0, 0.1) is 0 Å². The summed E-state index contributed by atoms with van der Waals surface area (Å²) in [5, 5.41) is 9.67. The van der Waals surface area contributed by atoms with Crippen LogP contribution in [0.5, 0.6) is 0 Å². The average molecular weight is 435 g/mol. The van der Waals surface area contributed by atoms with Crippen LogP contribution in [-0.2, 0) is 19.6 Å². The third-order valence-corrected chi connectivity index (χ3v) is 7.35. The maximum atomic E-state index is 12.7. The first-order chi connectivity index (χ1) is 14.5. The number of amides is 1. The highest BCUT2D eigenvalue weighted by molar-refractivity contribution is 7.89. The summed E-state index contributed by atoms with van der Waals surface area (Å²) in [6, 6.07) is 6.31. The summed E-state index contributed by atoms with van der Waals surface area (Å²) in [5.74, 6) is 0.980. The molecule has 2 aliphatic heterocycles. The minimum absolute atomic E-state index is 0.128. The first-order valence-electron chi connectivity index (χ1n) is 10.1. The Morgan fingerprint density at radius 2 is 1.97 bits per heavy atom. The molecule has 10 nitrogen and oxygen atoms in total. The van der Waals surface area contributed by atoms with Crippen molar-refractivity contribution in [3.8, 4) is 0 Å². The smallest absolute Gasteiger partial charge is 0.243 e. The highest BCUT2D eigenvalue weighted by atomic mass is 32.2. The van der Waals surface area contributed by atoms with Crippen molar-refractivity contribution < 1.29 is 17.9 Å². The van der Waals surface area contributed by atoms with Gasteiger partial charge in [0.1, 0.15) is 12.2 Å².